The first-order chi connectivity index (χ1) is 20.0. The fourth-order valence-electron chi connectivity index (χ4n) is 4.34. The van der Waals surface area contributed by atoms with Gasteiger partial charge in [-0.3, -0.25) is 14.8 Å². The Kier molecular flexibility index (Phi) is 9.96. The molecule has 0 aliphatic carbocycles. The summed E-state index contributed by atoms with van der Waals surface area (Å²) in [6, 6.07) is 15.5. The maximum atomic E-state index is 14.4. The van der Waals surface area contributed by atoms with Crippen LogP contribution in [0.25, 0.3) is 22.0 Å². The Bertz CT molecular complexity index is 1560. The van der Waals surface area contributed by atoms with Gasteiger partial charge in [-0.15, -0.1) is 0 Å². The topological polar surface area (TPSA) is 105 Å². The maximum Gasteiger partial charge on any atom is 0.407 e. The number of halogens is 2. The Morgan fingerprint density at radius 1 is 1.00 bits per heavy atom. The molecule has 2 amide bonds. The molecule has 0 aliphatic heterocycles. The van der Waals surface area contributed by atoms with Crippen molar-refractivity contribution in [2.75, 3.05) is 18.5 Å². The molecule has 0 unspecified atom stereocenters. The van der Waals surface area contributed by atoms with Crippen LogP contribution in [0.1, 0.15) is 62.6 Å². The molecule has 8 nitrogen and oxygen atoms in total. The molecule has 0 aliphatic rings. The molecular weight excluding hydrogens is 557 g/mol. The minimum Gasteiger partial charge on any atom is -0.450 e. The second-order valence-electron chi connectivity index (χ2n) is 11.0. The van der Waals surface area contributed by atoms with Gasteiger partial charge in [0.25, 0.3) is 5.91 Å². The van der Waals surface area contributed by atoms with Crippen molar-refractivity contribution >= 4 is 40.2 Å². The molecule has 2 aromatic carbocycles. The largest absolute Gasteiger partial charge is 0.450 e. The molecule has 0 saturated heterocycles. The zero-order valence-corrected chi connectivity index (χ0v) is 24.9. The van der Waals surface area contributed by atoms with Gasteiger partial charge in [0.2, 0.25) is 0 Å². The molecule has 220 valence electrons. The third-order valence-corrected chi connectivity index (χ3v) is 6.74. The number of rotatable bonds is 10. The third kappa shape index (κ3) is 8.16. The average molecular weight is 592 g/mol. The highest BCUT2D eigenvalue weighted by Gasteiger charge is 2.16. The van der Waals surface area contributed by atoms with E-state index >= 15 is 0 Å². The molecule has 0 radical (unpaired) electrons. The quantitative estimate of drug-likeness (QED) is 0.167. The van der Waals surface area contributed by atoms with Crippen LogP contribution in [0.4, 0.5) is 14.9 Å². The number of pyridine rings is 2. The number of carbonyl (C=O) groups is 2. The summed E-state index contributed by atoms with van der Waals surface area (Å²) in [7, 11) is 0. The number of unbranched alkanes of at least 4 members (excludes halogenated alkanes) is 1. The van der Waals surface area contributed by atoms with Gasteiger partial charge in [-0.25, -0.2) is 9.18 Å². The summed E-state index contributed by atoms with van der Waals surface area (Å²) in [5, 5.41) is 10.1. The Morgan fingerprint density at radius 3 is 2.48 bits per heavy atom. The standard InChI is InChI=1S/C32H35ClFN5O3/c1-20(23-9-5-6-10-26(23)34)38-29-24-17-21(11-13-27(24)37-19-25(29)33)22-12-14-28(36-18-22)30(40)35-15-7-8-16-42-31(41)39-32(2,3)4/h5-6,9-14,17-20H,7-8,15-16H2,1-4H3,(H,35,40)(H,37,38)(H,39,41)/t20-/m1/s1. The van der Waals surface area contributed by atoms with Gasteiger partial charge in [-0.2, -0.15) is 0 Å². The molecule has 0 saturated carbocycles. The Labute approximate surface area is 250 Å². The number of fused-ring (bicyclic) bond motifs is 1. The average Bonchev–Trinajstić information content (AvgIpc) is 2.95. The fraction of sp³-hybridized carbons (Fsp3) is 0.312. The summed E-state index contributed by atoms with van der Waals surface area (Å²) >= 11 is 6.53. The third-order valence-electron chi connectivity index (χ3n) is 6.45. The number of amides is 2. The zero-order valence-electron chi connectivity index (χ0n) is 24.1. The van der Waals surface area contributed by atoms with E-state index in [9.17, 15) is 14.0 Å². The zero-order chi connectivity index (χ0) is 30.3. The van der Waals surface area contributed by atoms with Crippen molar-refractivity contribution in [1.29, 1.82) is 0 Å². The van der Waals surface area contributed by atoms with Crippen LogP contribution in [-0.2, 0) is 4.74 Å². The number of hydrogen-bond acceptors (Lipinski definition) is 6. The Hall–Kier alpha value is -4.24. The van der Waals surface area contributed by atoms with Gasteiger partial charge in [0, 0.05) is 41.0 Å². The predicted molar refractivity (Wildman–Crippen MR) is 164 cm³/mol. The predicted octanol–water partition coefficient (Wildman–Crippen LogP) is 7.30. The van der Waals surface area contributed by atoms with Gasteiger partial charge < -0.3 is 20.7 Å². The van der Waals surface area contributed by atoms with Crippen molar-refractivity contribution in [2.24, 2.45) is 0 Å². The van der Waals surface area contributed by atoms with Crippen LogP contribution in [0, 0.1) is 5.82 Å². The number of hydrogen-bond donors (Lipinski definition) is 3. The number of nitrogens with one attached hydrogen (secondary N) is 3. The van der Waals surface area contributed by atoms with E-state index in [0.29, 0.717) is 41.4 Å². The van der Waals surface area contributed by atoms with Crippen molar-refractivity contribution in [3.63, 3.8) is 0 Å². The highest BCUT2D eigenvalue weighted by molar-refractivity contribution is 6.34. The van der Waals surface area contributed by atoms with Crippen LogP contribution >= 0.6 is 11.6 Å². The lowest BCUT2D eigenvalue weighted by atomic mass is 10.0. The van der Waals surface area contributed by atoms with Crippen molar-refractivity contribution < 1.29 is 18.7 Å². The van der Waals surface area contributed by atoms with Crippen molar-refractivity contribution in [3.8, 4) is 11.1 Å². The van der Waals surface area contributed by atoms with E-state index in [4.69, 9.17) is 16.3 Å². The van der Waals surface area contributed by atoms with E-state index in [2.05, 4.69) is 25.9 Å². The van der Waals surface area contributed by atoms with E-state index in [0.717, 1.165) is 22.0 Å². The van der Waals surface area contributed by atoms with Crippen molar-refractivity contribution in [2.45, 2.75) is 52.1 Å². The van der Waals surface area contributed by atoms with E-state index < -0.39 is 6.09 Å². The molecule has 42 heavy (non-hydrogen) atoms. The minimum atomic E-state index is -0.453. The highest BCUT2D eigenvalue weighted by atomic mass is 35.5. The van der Waals surface area contributed by atoms with Crippen LogP contribution in [0.3, 0.4) is 0 Å². The molecule has 4 aromatic rings. The number of alkyl carbamates (subject to hydrolysis) is 1. The minimum absolute atomic E-state index is 0.274. The molecular formula is C32H35ClFN5O3. The lowest BCUT2D eigenvalue weighted by Crippen LogP contribution is -2.41. The normalized spacial score (nSPS) is 12.0. The Morgan fingerprint density at radius 2 is 1.76 bits per heavy atom. The van der Waals surface area contributed by atoms with Gasteiger partial charge in [0.1, 0.15) is 11.5 Å². The van der Waals surface area contributed by atoms with Crippen molar-refractivity contribution in [1.82, 2.24) is 20.6 Å². The summed E-state index contributed by atoms with van der Waals surface area (Å²) in [5.74, 6) is -0.575. The van der Waals surface area contributed by atoms with Crippen LogP contribution in [-0.4, -0.2) is 40.7 Å². The Balaban J connectivity index is 1.38. The molecule has 2 heterocycles. The summed E-state index contributed by atoms with van der Waals surface area (Å²) in [5.41, 5.74) is 3.54. The number of anilines is 1. The SMILES string of the molecule is C[C@@H](Nc1c(Cl)cnc2ccc(-c3ccc(C(=O)NCCCCOC(=O)NC(C)(C)C)nc3)cc12)c1ccccc1F. The van der Waals surface area contributed by atoms with Crippen LogP contribution < -0.4 is 16.0 Å². The monoisotopic (exact) mass is 591 g/mol. The highest BCUT2D eigenvalue weighted by Crippen LogP contribution is 2.35. The molecule has 0 fully saturated rings. The van der Waals surface area contributed by atoms with Crippen LogP contribution in [0.5, 0.6) is 0 Å². The fourth-order valence-corrected chi connectivity index (χ4v) is 4.55. The lowest BCUT2D eigenvalue weighted by molar-refractivity contribution is 0.0945. The molecule has 2 aromatic heterocycles. The van der Waals surface area contributed by atoms with Gasteiger partial charge >= 0.3 is 6.09 Å². The number of ether oxygens (including phenoxy) is 1. The summed E-state index contributed by atoms with van der Waals surface area (Å²) in [6.07, 6.45) is 4.05. The molecule has 0 bridgehead atoms. The summed E-state index contributed by atoms with van der Waals surface area (Å²) in [6.45, 7) is 8.23. The van der Waals surface area contributed by atoms with E-state index in [-0.39, 0.29) is 29.9 Å². The first-order valence-corrected chi connectivity index (χ1v) is 14.2. The molecule has 0 spiro atoms. The summed E-state index contributed by atoms with van der Waals surface area (Å²) < 4.78 is 19.5. The first kappa shape index (κ1) is 30.7. The van der Waals surface area contributed by atoms with Gasteiger partial charge in [0.15, 0.2) is 0 Å². The number of benzene rings is 2. The van der Waals surface area contributed by atoms with Gasteiger partial charge in [0.05, 0.1) is 28.9 Å². The molecule has 10 heteroatoms. The number of nitrogens with zero attached hydrogens (tertiary/aromatic N) is 2. The van der Waals surface area contributed by atoms with Gasteiger partial charge in [-0.1, -0.05) is 41.9 Å². The van der Waals surface area contributed by atoms with E-state index in [1.54, 1.807) is 36.7 Å². The van der Waals surface area contributed by atoms with Crippen LogP contribution in [0.2, 0.25) is 5.02 Å². The molecule has 1 atom stereocenters. The number of aromatic nitrogens is 2. The smallest absolute Gasteiger partial charge is 0.407 e. The van der Waals surface area contributed by atoms with E-state index in [1.165, 1.54) is 6.07 Å². The second kappa shape index (κ2) is 13.6. The van der Waals surface area contributed by atoms with Crippen LogP contribution in [0.15, 0.2) is 67.0 Å². The molecule has 3 N–H and O–H groups in total. The first-order valence-electron chi connectivity index (χ1n) is 13.8. The second-order valence-corrected chi connectivity index (χ2v) is 11.4. The van der Waals surface area contributed by atoms with E-state index in [1.807, 2.05) is 52.0 Å². The van der Waals surface area contributed by atoms with Crippen molar-refractivity contribution in [3.05, 3.63) is 89.1 Å². The lowest BCUT2D eigenvalue weighted by Gasteiger charge is -2.19. The summed E-state index contributed by atoms with van der Waals surface area (Å²) in [4.78, 5) is 33.0. The van der Waals surface area contributed by atoms with Gasteiger partial charge in [-0.05, 0) is 70.4 Å². The maximum absolute atomic E-state index is 14.4. The number of carbonyl (C=O) groups excluding carboxylic acids is 2. The molecule has 4 rings (SSSR count).